The van der Waals surface area contributed by atoms with Crippen LogP contribution in [0.15, 0.2) is 0 Å². The summed E-state index contributed by atoms with van der Waals surface area (Å²) in [5.41, 5.74) is 0. The number of hydrogen-bond acceptors (Lipinski definition) is 2. The second kappa shape index (κ2) is 3.56. The van der Waals surface area contributed by atoms with Crippen LogP contribution >= 0.6 is 0 Å². The normalized spacial score (nSPS) is 38.3. The Balaban J connectivity index is 1.84. The van der Waals surface area contributed by atoms with Gasteiger partial charge in [0.05, 0.1) is 0 Å². The number of rotatable bonds is 1. The highest BCUT2D eigenvalue weighted by Crippen LogP contribution is 2.49. The minimum absolute atomic E-state index is 0.0376. The smallest absolute Gasteiger partial charge is 0.450 e. The van der Waals surface area contributed by atoms with E-state index >= 15 is 0 Å². The molecule has 3 heteroatoms. The summed E-state index contributed by atoms with van der Waals surface area (Å²) in [6, 6.07) is 0. The lowest BCUT2D eigenvalue weighted by atomic mass is 10.0. The van der Waals surface area contributed by atoms with E-state index in [9.17, 15) is 4.79 Å². The van der Waals surface area contributed by atoms with Crippen molar-refractivity contribution in [2.45, 2.75) is 44.6 Å². The Bertz CT molecular complexity index is 188. The van der Waals surface area contributed by atoms with E-state index in [1.807, 2.05) is 0 Å². The summed E-state index contributed by atoms with van der Waals surface area (Å²) < 4.78 is 4.84. The molecule has 0 aromatic heterocycles. The summed E-state index contributed by atoms with van der Waals surface area (Å²) in [5.74, 6) is 1.10. The van der Waals surface area contributed by atoms with Gasteiger partial charge in [0.25, 0.3) is 0 Å². The van der Waals surface area contributed by atoms with Gasteiger partial charge in [0.2, 0.25) is 0 Å². The third kappa shape index (κ3) is 1.95. The molecule has 0 saturated heterocycles. The zero-order chi connectivity index (χ0) is 9.26. The van der Waals surface area contributed by atoms with Crippen LogP contribution in [0.1, 0.15) is 38.5 Å². The molecule has 0 aromatic rings. The van der Waals surface area contributed by atoms with Crippen LogP contribution in [-0.4, -0.2) is 17.4 Å². The first kappa shape index (κ1) is 8.85. The van der Waals surface area contributed by atoms with Gasteiger partial charge in [-0.15, -0.1) is 0 Å². The van der Waals surface area contributed by atoms with Crippen molar-refractivity contribution in [3.63, 3.8) is 0 Å². The number of carbonyl (C=O) groups is 1. The van der Waals surface area contributed by atoms with Gasteiger partial charge >= 0.3 is 6.16 Å². The average molecular weight is 184 g/mol. The first-order valence-corrected chi connectivity index (χ1v) is 5.18. The molecule has 74 valence electrons. The van der Waals surface area contributed by atoms with Gasteiger partial charge in [0, 0.05) is 11.8 Å². The summed E-state index contributed by atoms with van der Waals surface area (Å²) in [4.78, 5) is 10.3. The van der Waals surface area contributed by atoms with Crippen molar-refractivity contribution in [1.82, 2.24) is 0 Å². The molecule has 0 spiro atoms. The van der Waals surface area contributed by atoms with E-state index in [-0.39, 0.29) is 6.10 Å². The molecule has 2 unspecified atom stereocenters. The maximum Gasteiger partial charge on any atom is 0.506 e. The zero-order valence-corrected chi connectivity index (χ0v) is 7.74. The van der Waals surface area contributed by atoms with Gasteiger partial charge in [-0.05, 0) is 12.8 Å². The van der Waals surface area contributed by atoms with Crippen LogP contribution in [0.25, 0.3) is 0 Å². The summed E-state index contributed by atoms with van der Waals surface area (Å²) in [6.45, 7) is 0. The molecule has 13 heavy (non-hydrogen) atoms. The molecule has 0 amide bonds. The van der Waals surface area contributed by atoms with E-state index in [0.29, 0.717) is 11.8 Å². The molecule has 2 saturated carbocycles. The summed E-state index contributed by atoms with van der Waals surface area (Å²) >= 11 is 0. The van der Waals surface area contributed by atoms with Gasteiger partial charge < -0.3 is 9.84 Å². The Kier molecular flexibility index (Phi) is 2.42. The highest BCUT2D eigenvalue weighted by Gasteiger charge is 2.52. The van der Waals surface area contributed by atoms with Gasteiger partial charge in [-0.3, -0.25) is 0 Å². The minimum atomic E-state index is -1.10. The fourth-order valence-electron chi connectivity index (χ4n) is 2.57. The van der Waals surface area contributed by atoms with E-state index in [2.05, 4.69) is 0 Å². The van der Waals surface area contributed by atoms with Crippen molar-refractivity contribution < 1.29 is 14.6 Å². The van der Waals surface area contributed by atoms with Gasteiger partial charge in [0.15, 0.2) is 0 Å². The van der Waals surface area contributed by atoms with Crippen LogP contribution in [0, 0.1) is 11.8 Å². The molecule has 3 nitrogen and oxygen atoms in total. The number of ether oxygens (including phenoxy) is 1. The first-order valence-electron chi connectivity index (χ1n) is 5.18. The van der Waals surface area contributed by atoms with Gasteiger partial charge in [-0.2, -0.15) is 0 Å². The van der Waals surface area contributed by atoms with Gasteiger partial charge in [-0.1, -0.05) is 25.7 Å². The Hall–Kier alpha value is -0.730. The Morgan fingerprint density at radius 3 is 2.08 bits per heavy atom. The van der Waals surface area contributed by atoms with Crippen molar-refractivity contribution in [3.8, 4) is 0 Å². The summed E-state index contributed by atoms with van der Waals surface area (Å²) in [5, 5.41) is 8.49. The van der Waals surface area contributed by atoms with Crippen LogP contribution in [0.4, 0.5) is 4.79 Å². The number of carboxylic acid groups (broad SMARTS) is 1. The molecule has 0 heterocycles. The second-order valence-corrected chi connectivity index (χ2v) is 4.17. The topological polar surface area (TPSA) is 46.5 Å². The molecular weight excluding hydrogens is 168 g/mol. The molecule has 0 bridgehead atoms. The van der Waals surface area contributed by atoms with Crippen LogP contribution in [0.3, 0.4) is 0 Å². The molecule has 2 atom stereocenters. The van der Waals surface area contributed by atoms with Crippen LogP contribution in [0.5, 0.6) is 0 Å². The molecule has 2 aliphatic carbocycles. The third-order valence-electron chi connectivity index (χ3n) is 3.31. The van der Waals surface area contributed by atoms with Crippen LogP contribution < -0.4 is 0 Å². The fourth-order valence-corrected chi connectivity index (χ4v) is 2.57. The lowest BCUT2D eigenvalue weighted by Crippen LogP contribution is -2.05. The molecule has 0 radical (unpaired) electrons. The highest BCUT2D eigenvalue weighted by atomic mass is 16.7. The Labute approximate surface area is 78.1 Å². The minimum Gasteiger partial charge on any atom is -0.450 e. The largest absolute Gasteiger partial charge is 0.506 e. The second-order valence-electron chi connectivity index (χ2n) is 4.17. The van der Waals surface area contributed by atoms with Crippen molar-refractivity contribution in [2.75, 3.05) is 0 Å². The molecule has 2 aliphatic rings. The maximum atomic E-state index is 10.3. The molecular formula is C10H16O3. The predicted octanol–water partition coefficient (Wildman–Crippen LogP) is 2.65. The van der Waals surface area contributed by atoms with E-state index in [0.717, 1.165) is 0 Å². The Morgan fingerprint density at radius 2 is 1.62 bits per heavy atom. The highest BCUT2D eigenvalue weighted by molar-refractivity contribution is 5.57. The fraction of sp³-hybridized carbons (Fsp3) is 0.900. The zero-order valence-electron chi connectivity index (χ0n) is 7.74. The van der Waals surface area contributed by atoms with Crippen molar-refractivity contribution in [1.29, 1.82) is 0 Å². The summed E-state index contributed by atoms with van der Waals surface area (Å²) in [7, 11) is 0. The third-order valence-corrected chi connectivity index (χ3v) is 3.31. The number of hydrogen-bond donors (Lipinski definition) is 1. The molecule has 2 fully saturated rings. The quantitative estimate of drug-likeness (QED) is 0.637. The molecule has 2 rings (SSSR count). The SMILES string of the molecule is O=C(O)OC1C2CCCCCCC21. The van der Waals surface area contributed by atoms with E-state index < -0.39 is 6.16 Å². The number of fused-ring (bicyclic) bond motifs is 1. The summed E-state index contributed by atoms with van der Waals surface area (Å²) in [6.07, 6.45) is 6.39. The molecule has 0 aromatic carbocycles. The average Bonchev–Trinajstić information content (AvgIpc) is 2.58. The van der Waals surface area contributed by atoms with E-state index in [1.54, 1.807) is 0 Å². The van der Waals surface area contributed by atoms with Crippen molar-refractivity contribution in [3.05, 3.63) is 0 Å². The first-order chi connectivity index (χ1) is 6.29. The van der Waals surface area contributed by atoms with E-state index in [4.69, 9.17) is 9.84 Å². The lowest BCUT2D eigenvalue weighted by molar-refractivity contribution is 0.0763. The standard InChI is InChI=1S/C10H16O3/c11-10(12)13-9-7-5-3-1-2-4-6-8(7)9/h7-9H,1-6H2,(H,11,12). The molecule has 1 N–H and O–H groups in total. The molecule has 0 aliphatic heterocycles. The van der Waals surface area contributed by atoms with Crippen molar-refractivity contribution in [2.24, 2.45) is 11.8 Å². The van der Waals surface area contributed by atoms with Gasteiger partial charge in [0.1, 0.15) is 6.10 Å². The Morgan fingerprint density at radius 1 is 1.08 bits per heavy atom. The van der Waals surface area contributed by atoms with Crippen LogP contribution in [-0.2, 0) is 4.74 Å². The van der Waals surface area contributed by atoms with E-state index in [1.165, 1.54) is 38.5 Å². The monoisotopic (exact) mass is 184 g/mol. The predicted molar refractivity (Wildman–Crippen MR) is 47.6 cm³/mol. The van der Waals surface area contributed by atoms with Gasteiger partial charge in [-0.25, -0.2) is 4.79 Å². The van der Waals surface area contributed by atoms with Crippen LogP contribution in [0.2, 0.25) is 0 Å². The van der Waals surface area contributed by atoms with Crippen molar-refractivity contribution >= 4 is 6.16 Å². The maximum absolute atomic E-state index is 10.3. The lowest BCUT2D eigenvalue weighted by Gasteiger charge is -2.04.